The third kappa shape index (κ3) is 2.55. The molecule has 1 aliphatic carbocycles. The molecule has 4 nitrogen and oxygen atoms in total. The number of piperidine rings is 1. The fourth-order valence-corrected chi connectivity index (χ4v) is 4.26. The van der Waals surface area contributed by atoms with Crippen LogP contribution in [0.3, 0.4) is 0 Å². The summed E-state index contributed by atoms with van der Waals surface area (Å²) in [4.78, 5) is 13.5. The minimum Gasteiger partial charge on any atom is -0.465 e. The number of aliphatic hydroxyl groups is 1. The first-order valence-corrected chi connectivity index (χ1v) is 8.02. The summed E-state index contributed by atoms with van der Waals surface area (Å²) < 4.78 is 5.25. The number of esters is 1. The van der Waals surface area contributed by atoms with Crippen molar-refractivity contribution in [2.45, 2.75) is 44.8 Å². The van der Waals surface area contributed by atoms with Crippen molar-refractivity contribution >= 4 is 5.97 Å². The number of benzene rings is 1. The maximum Gasteiger partial charge on any atom is 0.302 e. The van der Waals surface area contributed by atoms with E-state index in [-0.39, 0.29) is 18.5 Å². The smallest absolute Gasteiger partial charge is 0.302 e. The Labute approximate surface area is 132 Å². The van der Waals surface area contributed by atoms with Crippen LogP contribution in [0, 0.1) is 5.41 Å². The summed E-state index contributed by atoms with van der Waals surface area (Å²) in [5.41, 5.74) is 2.16. The molecule has 2 aliphatic rings. The van der Waals surface area contributed by atoms with Crippen LogP contribution in [0.1, 0.15) is 37.3 Å². The lowest BCUT2D eigenvalue weighted by Gasteiger charge is -2.53. The van der Waals surface area contributed by atoms with E-state index in [9.17, 15) is 9.90 Å². The van der Waals surface area contributed by atoms with Crippen molar-refractivity contribution in [3.63, 3.8) is 0 Å². The monoisotopic (exact) mass is 303 g/mol. The van der Waals surface area contributed by atoms with E-state index in [4.69, 9.17) is 4.74 Å². The summed E-state index contributed by atoms with van der Waals surface area (Å²) in [6.45, 7) is 4.44. The molecule has 1 aromatic carbocycles. The molecule has 0 bridgehead atoms. The zero-order valence-corrected chi connectivity index (χ0v) is 13.6. The van der Waals surface area contributed by atoms with Gasteiger partial charge in [0.2, 0.25) is 0 Å². The van der Waals surface area contributed by atoms with E-state index in [1.807, 2.05) is 13.0 Å². The van der Waals surface area contributed by atoms with Crippen molar-refractivity contribution in [2.75, 3.05) is 20.2 Å². The molecule has 0 aromatic heterocycles. The summed E-state index contributed by atoms with van der Waals surface area (Å²) in [6.07, 6.45) is 1.63. The van der Waals surface area contributed by atoms with Gasteiger partial charge >= 0.3 is 5.97 Å². The second kappa shape index (κ2) is 5.67. The predicted octanol–water partition coefficient (Wildman–Crippen LogP) is 1.96. The van der Waals surface area contributed by atoms with Crippen LogP contribution in [0.4, 0.5) is 0 Å². The molecule has 1 N–H and O–H groups in total. The molecule has 1 heterocycles. The van der Waals surface area contributed by atoms with Gasteiger partial charge < -0.3 is 14.7 Å². The molecule has 1 aliphatic heterocycles. The fraction of sp³-hybridized carbons (Fsp3) is 0.611. The molecule has 0 amide bonds. The number of hydrogen-bond donors (Lipinski definition) is 1. The molecule has 4 heteroatoms. The minimum absolute atomic E-state index is 0.0873. The molecule has 0 spiro atoms. The summed E-state index contributed by atoms with van der Waals surface area (Å²) in [5.74, 6) is -0.202. The van der Waals surface area contributed by atoms with Crippen molar-refractivity contribution in [1.29, 1.82) is 0 Å². The number of likely N-dealkylation sites (N-methyl/N-ethyl adjacent to an activating group) is 1. The molecule has 1 fully saturated rings. The zero-order valence-electron chi connectivity index (χ0n) is 13.6. The number of carbonyl (C=O) groups excluding carboxylic acids is 1. The first-order chi connectivity index (χ1) is 10.4. The Kier molecular flexibility index (Phi) is 4.00. The Bertz CT molecular complexity index is 573. The van der Waals surface area contributed by atoms with Gasteiger partial charge in [0.05, 0.1) is 6.10 Å². The summed E-state index contributed by atoms with van der Waals surface area (Å²) in [5, 5.41) is 11.1. The van der Waals surface area contributed by atoms with Gasteiger partial charge in [0, 0.05) is 30.8 Å². The predicted molar refractivity (Wildman–Crippen MR) is 84.7 cm³/mol. The van der Waals surface area contributed by atoms with Crippen LogP contribution in [0.15, 0.2) is 24.3 Å². The van der Waals surface area contributed by atoms with Crippen LogP contribution >= 0.6 is 0 Å². The summed E-state index contributed by atoms with van der Waals surface area (Å²) >= 11 is 0. The normalized spacial score (nSPS) is 34.6. The average Bonchev–Trinajstić information content (AvgIpc) is 2.50. The number of ether oxygens (including phenoxy) is 1. The number of fused-ring (bicyclic) bond motifs is 3. The number of carbonyl (C=O) groups is 1. The van der Waals surface area contributed by atoms with Gasteiger partial charge in [-0.3, -0.25) is 4.79 Å². The Balaban J connectivity index is 1.94. The number of hydrogen-bond acceptors (Lipinski definition) is 4. The Hall–Kier alpha value is -1.39. The van der Waals surface area contributed by atoms with E-state index in [0.29, 0.717) is 6.04 Å². The number of aliphatic hydroxyl groups excluding tert-OH is 1. The van der Waals surface area contributed by atoms with Crippen molar-refractivity contribution in [3.8, 4) is 0 Å². The highest BCUT2D eigenvalue weighted by Crippen LogP contribution is 2.46. The molecular formula is C18H25NO3. The van der Waals surface area contributed by atoms with E-state index in [1.165, 1.54) is 18.1 Å². The summed E-state index contributed by atoms with van der Waals surface area (Å²) in [7, 11) is 2.11. The average molecular weight is 303 g/mol. The number of likely N-dealkylation sites (tertiary alicyclic amines) is 1. The SMILES string of the molecule is CC(=O)OC[C@]1(C)CN(C)[C@@H]2CCc3ccccc3[C@H]2[C@@H]1O. The number of aryl methyl sites for hydroxylation is 1. The van der Waals surface area contributed by atoms with Gasteiger partial charge in [-0.2, -0.15) is 0 Å². The largest absolute Gasteiger partial charge is 0.465 e. The second-order valence-corrected chi connectivity index (χ2v) is 7.12. The van der Waals surface area contributed by atoms with Crippen LogP contribution in [0.2, 0.25) is 0 Å². The molecule has 120 valence electrons. The van der Waals surface area contributed by atoms with Gasteiger partial charge in [-0.15, -0.1) is 0 Å². The molecule has 4 atom stereocenters. The standard InChI is InChI=1S/C18H25NO3/c1-12(20)22-11-18(2)10-19(3)15-9-8-13-6-4-5-7-14(13)16(15)17(18)21/h4-7,15-17,21H,8-11H2,1-3H3/t15-,16-,17+,18+/m1/s1. The van der Waals surface area contributed by atoms with Gasteiger partial charge in [0.25, 0.3) is 0 Å². The highest BCUT2D eigenvalue weighted by molar-refractivity contribution is 5.65. The van der Waals surface area contributed by atoms with E-state index in [2.05, 4.69) is 30.1 Å². The van der Waals surface area contributed by atoms with Crippen LogP contribution in [-0.4, -0.2) is 48.3 Å². The lowest BCUT2D eigenvalue weighted by Crippen LogP contribution is -2.60. The van der Waals surface area contributed by atoms with Crippen molar-refractivity contribution in [3.05, 3.63) is 35.4 Å². The third-order valence-electron chi connectivity index (χ3n) is 5.37. The van der Waals surface area contributed by atoms with Crippen molar-refractivity contribution < 1.29 is 14.6 Å². The Morgan fingerprint density at radius 1 is 1.45 bits per heavy atom. The van der Waals surface area contributed by atoms with Gasteiger partial charge in [-0.25, -0.2) is 0 Å². The van der Waals surface area contributed by atoms with Crippen LogP contribution in [0.25, 0.3) is 0 Å². The van der Waals surface area contributed by atoms with Crippen LogP contribution in [0.5, 0.6) is 0 Å². The number of nitrogens with zero attached hydrogens (tertiary/aromatic N) is 1. The quantitative estimate of drug-likeness (QED) is 0.849. The fourth-order valence-electron chi connectivity index (χ4n) is 4.26. The minimum atomic E-state index is -0.505. The van der Waals surface area contributed by atoms with Gasteiger partial charge in [0.1, 0.15) is 6.61 Å². The van der Waals surface area contributed by atoms with Crippen molar-refractivity contribution in [1.82, 2.24) is 4.90 Å². The highest BCUT2D eigenvalue weighted by Gasteiger charge is 2.50. The van der Waals surface area contributed by atoms with Crippen LogP contribution < -0.4 is 0 Å². The first kappa shape index (κ1) is 15.5. The van der Waals surface area contributed by atoms with Gasteiger partial charge in [-0.05, 0) is 31.0 Å². The van der Waals surface area contributed by atoms with Crippen LogP contribution in [-0.2, 0) is 16.0 Å². The highest BCUT2D eigenvalue weighted by atomic mass is 16.5. The molecule has 1 saturated heterocycles. The molecule has 1 aromatic rings. The number of rotatable bonds is 2. The van der Waals surface area contributed by atoms with Gasteiger partial charge in [-0.1, -0.05) is 31.2 Å². The second-order valence-electron chi connectivity index (χ2n) is 7.12. The maximum absolute atomic E-state index is 11.2. The Morgan fingerprint density at radius 2 is 2.18 bits per heavy atom. The Morgan fingerprint density at radius 3 is 2.91 bits per heavy atom. The molecule has 0 unspecified atom stereocenters. The molecular weight excluding hydrogens is 278 g/mol. The molecule has 0 saturated carbocycles. The maximum atomic E-state index is 11.2. The first-order valence-electron chi connectivity index (χ1n) is 8.02. The van der Waals surface area contributed by atoms with E-state index in [0.717, 1.165) is 19.4 Å². The van der Waals surface area contributed by atoms with Crippen molar-refractivity contribution in [2.24, 2.45) is 5.41 Å². The third-order valence-corrected chi connectivity index (χ3v) is 5.37. The molecule has 22 heavy (non-hydrogen) atoms. The lowest BCUT2D eigenvalue weighted by molar-refractivity contribution is -0.154. The van der Waals surface area contributed by atoms with E-state index in [1.54, 1.807) is 0 Å². The van der Waals surface area contributed by atoms with E-state index < -0.39 is 11.5 Å². The van der Waals surface area contributed by atoms with E-state index >= 15 is 0 Å². The lowest BCUT2D eigenvalue weighted by atomic mass is 9.65. The van der Waals surface area contributed by atoms with Gasteiger partial charge in [0.15, 0.2) is 0 Å². The molecule has 3 rings (SSSR count). The topological polar surface area (TPSA) is 49.8 Å². The molecule has 0 radical (unpaired) electrons. The summed E-state index contributed by atoms with van der Waals surface area (Å²) in [6, 6.07) is 8.77. The zero-order chi connectivity index (χ0) is 15.9.